The zero-order valence-corrected chi connectivity index (χ0v) is 17.4. The molecule has 4 aromatic rings. The van der Waals surface area contributed by atoms with Crippen LogP contribution in [0, 0.1) is 11.3 Å². The molecule has 1 unspecified atom stereocenters. The van der Waals surface area contributed by atoms with Crippen molar-refractivity contribution < 1.29 is 13.9 Å². The monoisotopic (exact) mass is 433 g/mol. The van der Waals surface area contributed by atoms with Gasteiger partial charge in [0, 0.05) is 9.79 Å². The Morgan fingerprint density at radius 3 is 2.63 bits per heavy atom. The molecule has 4 rings (SSSR count). The average Bonchev–Trinajstić information content (AvgIpc) is 3.46. The molecule has 0 saturated carbocycles. The van der Waals surface area contributed by atoms with Gasteiger partial charge in [-0.1, -0.05) is 42.1 Å². The smallest absolute Gasteiger partial charge is 0.340 e. The van der Waals surface area contributed by atoms with Crippen LogP contribution in [0.2, 0.25) is 0 Å². The summed E-state index contributed by atoms with van der Waals surface area (Å²) in [5, 5.41) is 19.3. The molecule has 8 heteroatoms. The number of aromatic nitrogens is 2. The van der Waals surface area contributed by atoms with Crippen molar-refractivity contribution in [2.75, 3.05) is 0 Å². The number of thiophene rings is 1. The van der Waals surface area contributed by atoms with E-state index in [1.165, 1.54) is 23.1 Å². The summed E-state index contributed by atoms with van der Waals surface area (Å²) in [6.07, 6.45) is -0.705. The number of hydrogen-bond donors (Lipinski definition) is 0. The molecule has 2 heterocycles. The lowest BCUT2D eigenvalue weighted by Gasteiger charge is -2.12. The third kappa shape index (κ3) is 4.27. The maximum Gasteiger partial charge on any atom is 0.340 e. The summed E-state index contributed by atoms with van der Waals surface area (Å²) >= 11 is 2.83. The zero-order valence-electron chi connectivity index (χ0n) is 15.8. The summed E-state index contributed by atoms with van der Waals surface area (Å²) in [5.74, 6) is 0.120. The highest BCUT2D eigenvalue weighted by Crippen LogP contribution is 2.33. The molecular formula is C22H15N3O3S2. The summed E-state index contributed by atoms with van der Waals surface area (Å²) in [6, 6.07) is 20.3. The van der Waals surface area contributed by atoms with Crippen molar-refractivity contribution >= 4 is 29.1 Å². The Bertz CT molecular complexity index is 1210. The van der Waals surface area contributed by atoms with E-state index in [4.69, 9.17) is 9.15 Å². The molecule has 0 N–H and O–H groups in total. The van der Waals surface area contributed by atoms with Crippen molar-refractivity contribution in [3.8, 4) is 16.8 Å². The van der Waals surface area contributed by atoms with Gasteiger partial charge in [-0.05, 0) is 42.6 Å². The number of benzene rings is 2. The van der Waals surface area contributed by atoms with Crippen LogP contribution in [0.3, 0.4) is 0 Å². The van der Waals surface area contributed by atoms with E-state index < -0.39 is 12.1 Å². The fraction of sp³-hybridized carbons (Fsp3) is 0.0909. The Labute approximate surface area is 181 Å². The molecule has 0 fully saturated rings. The van der Waals surface area contributed by atoms with E-state index in [2.05, 4.69) is 16.3 Å². The first kappa shape index (κ1) is 19.9. The van der Waals surface area contributed by atoms with Gasteiger partial charge < -0.3 is 9.15 Å². The molecule has 6 nitrogen and oxygen atoms in total. The van der Waals surface area contributed by atoms with E-state index in [-0.39, 0.29) is 5.89 Å². The second-order valence-electron chi connectivity index (χ2n) is 6.18. The lowest BCUT2D eigenvalue weighted by molar-refractivity contribution is 0.0276. The molecule has 148 valence electrons. The Morgan fingerprint density at radius 1 is 1.10 bits per heavy atom. The van der Waals surface area contributed by atoms with E-state index in [1.54, 1.807) is 31.2 Å². The van der Waals surface area contributed by atoms with Gasteiger partial charge in [0.2, 0.25) is 0 Å². The van der Waals surface area contributed by atoms with Gasteiger partial charge in [-0.25, -0.2) is 4.79 Å². The molecule has 0 aliphatic heterocycles. The fourth-order valence-corrected chi connectivity index (χ4v) is 4.32. The average molecular weight is 434 g/mol. The molecule has 0 saturated heterocycles. The van der Waals surface area contributed by atoms with Gasteiger partial charge in [-0.2, -0.15) is 5.26 Å². The highest BCUT2D eigenvalue weighted by molar-refractivity contribution is 7.99. The first-order valence-electron chi connectivity index (χ1n) is 9.00. The van der Waals surface area contributed by atoms with E-state index in [0.717, 1.165) is 9.77 Å². The molecule has 2 aromatic carbocycles. The van der Waals surface area contributed by atoms with Crippen molar-refractivity contribution in [1.82, 2.24) is 10.2 Å². The molecule has 0 aliphatic carbocycles. The van der Waals surface area contributed by atoms with Crippen molar-refractivity contribution in [3.05, 3.63) is 83.1 Å². The number of esters is 1. The number of carbonyl (C=O) groups excluding carboxylic acids is 1. The van der Waals surface area contributed by atoms with Crippen LogP contribution in [0.15, 0.2) is 80.3 Å². The normalized spacial score (nSPS) is 11.6. The van der Waals surface area contributed by atoms with Crippen LogP contribution in [-0.2, 0) is 4.74 Å². The number of rotatable bonds is 6. The SMILES string of the molecule is CC(OC(=O)c1ccccc1Sc1ccccc1C#N)c1nnc(-c2cccs2)o1. The standard InChI is InChI=1S/C22H15N3O3S2/c1-14(20-24-25-21(28-20)19-11-6-12-29-19)27-22(26)16-8-3-5-10-18(16)30-17-9-4-2-7-15(17)13-23/h2-12,14H,1H3. The maximum absolute atomic E-state index is 12.8. The lowest BCUT2D eigenvalue weighted by Crippen LogP contribution is -2.10. The fourth-order valence-electron chi connectivity index (χ4n) is 2.66. The Balaban J connectivity index is 1.52. The van der Waals surface area contributed by atoms with Crippen molar-refractivity contribution in [3.63, 3.8) is 0 Å². The van der Waals surface area contributed by atoms with Crippen molar-refractivity contribution in [2.24, 2.45) is 0 Å². The summed E-state index contributed by atoms with van der Waals surface area (Å²) in [7, 11) is 0. The van der Waals surface area contributed by atoms with Crippen LogP contribution in [-0.4, -0.2) is 16.2 Å². The van der Waals surface area contributed by atoms with Crippen molar-refractivity contribution in [2.45, 2.75) is 22.8 Å². The topological polar surface area (TPSA) is 89.0 Å². The van der Waals surface area contributed by atoms with Gasteiger partial charge in [0.25, 0.3) is 11.8 Å². The number of hydrogen-bond acceptors (Lipinski definition) is 8. The number of carbonyl (C=O) groups is 1. The van der Waals surface area contributed by atoms with E-state index >= 15 is 0 Å². The predicted octanol–water partition coefficient (Wildman–Crippen LogP) is 5.74. The number of nitrogens with zero attached hydrogens (tertiary/aromatic N) is 3. The minimum atomic E-state index is -0.705. The van der Waals surface area contributed by atoms with Gasteiger partial charge in [0.1, 0.15) is 6.07 Å². The molecular weight excluding hydrogens is 418 g/mol. The first-order valence-corrected chi connectivity index (χ1v) is 10.7. The predicted molar refractivity (Wildman–Crippen MR) is 113 cm³/mol. The maximum atomic E-state index is 12.8. The zero-order chi connectivity index (χ0) is 20.9. The minimum absolute atomic E-state index is 0.228. The van der Waals surface area contributed by atoms with Crippen LogP contribution < -0.4 is 0 Å². The third-order valence-corrected chi connectivity index (χ3v) is 6.15. The summed E-state index contributed by atoms with van der Waals surface area (Å²) in [5.41, 5.74) is 0.950. The molecule has 2 aromatic heterocycles. The van der Waals surface area contributed by atoms with Crippen molar-refractivity contribution in [1.29, 1.82) is 5.26 Å². The molecule has 0 spiro atoms. The van der Waals surface area contributed by atoms with E-state index in [9.17, 15) is 10.1 Å². The second kappa shape index (κ2) is 8.95. The van der Waals surface area contributed by atoms with E-state index in [1.807, 2.05) is 41.8 Å². The number of ether oxygens (including phenoxy) is 1. The quantitative estimate of drug-likeness (QED) is 0.358. The molecule has 0 radical (unpaired) electrons. The highest BCUT2D eigenvalue weighted by atomic mass is 32.2. The van der Waals surface area contributed by atoms with E-state index in [0.29, 0.717) is 21.9 Å². The largest absolute Gasteiger partial charge is 0.449 e. The van der Waals surface area contributed by atoms with Crippen LogP contribution in [0.1, 0.15) is 34.8 Å². The Morgan fingerprint density at radius 2 is 1.87 bits per heavy atom. The highest BCUT2D eigenvalue weighted by Gasteiger charge is 2.22. The summed E-state index contributed by atoms with van der Waals surface area (Å²) in [6.45, 7) is 1.68. The Hall–Kier alpha value is -3.41. The van der Waals surface area contributed by atoms with Gasteiger partial charge in [-0.3, -0.25) is 0 Å². The lowest BCUT2D eigenvalue weighted by atomic mass is 10.2. The molecule has 0 bridgehead atoms. The number of nitriles is 1. The van der Waals surface area contributed by atoms with Gasteiger partial charge >= 0.3 is 5.97 Å². The van der Waals surface area contributed by atoms with Gasteiger partial charge in [0.05, 0.1) is 16.0 Å². The second-order valence-corrected chi connectivity index (χ2v) is 8.21. The summed E-state index contributed by atoms with van der Waals surface area (Å²) < 4.78 is 11.2. The third-order valence-electron chi connectivity index (χ3n) is 4.14. The van der Waals surface area contributed by atoms with Crippen LogP contribution >= 0.6 is 23.1 Å². The van der Waals surface area contributed by atoms with Crippen LogP contribution in [0.5, 0.6) is 0 Å². The first-order chi connectivity index (χ1) is 14.7. The minimum Gasteiger partial charge on any atom is -0.449 e. The van der Waals surface area contributed by atoms with Gasteiger partial charge in [-0.15, -0.1) is 21.5 Å². The molecule has 0 amide bonds. The van der Waals surface area contributed by atoms with Gasteiger partial charge in [0.15, 0.2) is 6.10 Å². The molecule has 0 aliphatic rings. The Kier molecular flexibility index (Phi) is 5.93. The molecule has 30 heavy (non-hydrogen) atoms. The summed E-state index contributed by atoms with van der Waals surface area (Å²) in [4.78, 5) is 15.2. The molecule has 1 atom stereocenters. The van der Waals surface area contributed by atoms with Crippen LogP contribution in [0.25, 0.3) is 10.8 Å². The van der Waals surface area contributed by atoms with Crippen LogP contribution in [0.4, 0.5) is 0 Å².